The topological polar surface area (TPSA) is 110 Å². The first kappa shape index (κ1) is 23.2. The van der Waals surface area contributed by atoms with Crippen LogP contribution in [0.15, 0.2) is 96.2 Å². The summed E-state index contributed by atoms with van der Waals surface area (Å²) in [7, 11) is -4.09. The third-order valence-corrected chi connectivity index (χ3v) is 7.33. The lowest BCUT2D eigenvalue weighted by atomic mass is 10.1. The SMILES string of the molecule is C=CC(Cc1ccccc1)S(=O)(=O)C1=C(C(=O)NN)CC=CN1CC(=O)c1ccccc1. The highest BCUT2D eigenvalue weighted by molar-refractivity contribution is 7.96. The highest BCUT2D eigenvalue weighted by Gasteiger charge is 2.37. The molecule has 0 saturated carbocycles. The van der Waals surface area contributed by atoms with E-state index in [4.69, 9.17) is 5.84 Å². The molecule has 1 heterocycles. The summed E-state index contributed by atoms with van der Waals surface area (Å²) in [5.74, 6) is 4.32. The summed E-state index contributed by atoms with van der Waals surface area (Å²) >= 11 is 0. The minimum absolute atomic E-state index is 0.0178. The first-order valence-electron chi connectivity index (χ1n) is 10.0. The Morgan fingerprint density at radius 1 is 1.09 bits per heavy atom. The maximum Gasteiger partial charge on any atom is 0.264 e. The Balaban J connectivity index is 2.02. The summed E-state index contributed by atoms with van der Waals surface area (Å²) in [6.07, 6.45) is 4.75. The quantitative estimate of drug-likeness (QED) is 0.199. The highest BCUT2D eigenvalue weighted by Crippen LogP contribution is 2.30. The Hall–Kier alpha value is -3.49. The number of allylic oxidation sites excluding steroid dienone is 1. The molecule has 7 nitrogen and oxygen atoms in total. The Morgan fingerprint density at radius 3 is 2.31 bits per heavy atom. The minimum Gasteiger partial charge on any atom is -0.331 e. The summed E-state index contributed by atoms with van der Waals surface area (Å²) in [5.41, 5.74) is 3.25. The molecule has 3 N–H and O–H groups in total. The molecule has 3 rings (SSSR count). The summed E-state index contributed by atoms with van der Waals surface area (Å²) in [4.78, 5) is 26.6. The molecule has 0 radical (unpaired) electrons. The van der Waals surface area contributed by atoms with Gasteiger partial charge in [-0.25, -0.2) is 14.3 Å². The minimum atomic E-state index is -4.09. The van der Waals surface area contributed by atoms with Gasteiger partial charge in [-0.2, -0.15) is 0 Å². The van der Waals surface area contributed by atoms with Gasteiger partial charge in [-0.05, 0) is 12.0 Å². The summed E-state index contributed by atoms with van der Waals surface area (Å²) in [6, 6.07) is 17.7. The highest BCUT2D eigenvalue weighted by atomic mass is 32.2. The molecular formula is C24H25N3O4S. The first-order valence-corrected chi connectivity index (χ1v) is 11.6. The van der Waals surface area contributed by atoms with Gasteiger partial charge in [0, 0.05) is 18.2 Å². The summed E-state index contributed by atoms with van der Waals surface area (Å²) in [6.45, 7) is 3.47. The van der Waals surface area contributed by atoms with Crippen molar-refractivity contribution in [1.82, 2.24) is 10.3 Å². The molecule has 1 amide bonds. The van der Waals surface area contributed by atoms with Crippen molar-refractivity contribution in [1.29, 1.82) is 0 Å². The second-order valence-electron chi connectivity index (χ2n) is 7.27. The molecule has 0 spiro atoms. The molecule has 32 heavy (non-hydrogen) atoms. The van der Waals surface area contributed by atoms with Crippen LogP contribution in [0.3, 0.4) is 0 Å². The van der Waals surface area contributed by atoms with Crippen LogP contribution in [0.4, 0.5) is 0 Å². The van der Waals surface area contributed by atoms with Crippen LogP contribution in [0.25, 0.3) is 0 Å². The number of hydrogen-bond donors (Lipinski definition) is 2. The fourth-order valence-electron chi connectivity index (χ4n) is 3.54. The van der Waals surface area contributed by atoms with Gasteiger partial charge in [-0.15, -0.1) is 6.58 Å². The van der Waals surface area contributed by atoms with Crippen LogP contribution in [0, 0.1) is 0 Å². The maximum atomic E-state index is 13.7. The molecule has 1 atom stereocenters. The Morgan fingerprint density at radius 2 is 1.72 bits per heavy atom. The molecule has 1 unspecified atom stereocenters. The van der Waals surface area contributed by atoms with Gasteiger partial charge >= 0.3 is 0 Å². The van der Waals surface area contributed by atoms with Gasteiger partial charge in [-0.1, -0.05) is 72.8 Å². The number of nitrogens with zero attached hydrogens (tertiary/aromatic N) is 1. The van der Waals surface area contributed by atoms with Crippen LogP contribution in [0.2, 0.25) is 0 Å². The van der Waals surface area contributed by atoms with Crippen molar-refractivity contribution < 1.29 is 18.0 Å². The number of sulfone groups is 1. The number of benzene rings is 2. The second kappa shape index (κ2) is 10.2. The van der Waals surface area contributed by atoms with Gasteiger partial charge in [-0.3, -0.25) is 15.0 Å². The summed E-state index contributed by atoms with van der Waals surface area (Å²) < 4.78 is 27.5. The number of nitrogens with two attached hydrogens (primary N) is 1. The number of hydrogen-bond acceptors (Lipinski definition) is 6. The molecule has 0 bridgehead atoms. The number of amides is 1. The predicted octanol–water partition coefficient (Wildman–Crippen LogP) is 2.50. The van der Waals surface area contributed by atoms with Crippen LogP contribution in [0.1, 0.15) is 22.3 Å². The fourth-order valence-corrected chi connectivity index (χ4v) is 5.47. The average molecular weight is 452 g/mol. The van der Waals surface area contributed by atoms with Gasteiger partial charge in [0.1, 0.15) is 5.03 Å². The van der Waals surface area contributed by atoms with E-state index in [1.54, 1.807) is 36.4 Å². The number of Topliss-reactive ketones (excluding diaryl/α,β-unsaturated/α-hetero) is 1. The van der Waals surface area contributed by atoms with E-state index < -0.39 is 21.0 Å². The molecule has 1 aliphatic rings. The van der Waals surface area contributed by atoms with E-state index in [1.807, 2.05) is 35.8 Å². The van der Waals surface area contributed by atoms with Crippen molar-refractivity contribution in [2.75, 3.05) is 6.54 Å². The zero-order chi connectivity index (χ0) is 23.1. The lowest BCUT2D eigenvalue weighted by Crippen LogP contribution is -2.40. The number of carbonyl (C=O) groups is 2. The predicted molar refractivity (Wildman–Crippen MR) is 124 cm³/mol. The molecule has 0 aliphatic carbocycles. The smallest absolute Gasteiger partial charge is 0.264 e. The lowest BCUT2D eigenvalue weighted by Gasteiger charge is -2.30. The standard InChI is InChI=1S/C24H25N3O4S/c1-2-20(16-18-10-5-3-6-11-18)32(30,31)24-21(23(29)26-25)14-9-15-27(24)17-22(28)19-12-7-4-8-13-19/h2-13,15,20H,1,14,16-17,25H2,(H,26,29). The number of hydrazine groups is 1. The molecule has 0 saturated heterocycles. The zero-order valence-electron chi connectivity index (χ0n) is 17.5. The Labute approximate surface area is 187 Å². The van der Waals surface area contributed by atoms with Gasteiger partial charge in [0.15, 0.2) is 5.78 Å². The van der Waals surface area contributed by atoms with Crippen molar-refractivity contribution >= 4 is 21.5 Å². The Kier molecular flexibility index (Phi) is 7.40. The van der Waals surface area contributed by atoms with Gasteiger partial charge in [0.2, 0.25) is 9.84 Å². The molecule has 8 heteroatoms. The van der Waals surface area contributed by atoms with Gasteiger partial charge in [0.25, 0.3) is 5.91 Å². The largest absolute Gasteiger partial charge is 0.331 e. The van der Waals surface area contributed by atoms with E-state index >= 15 is 0 Å². The van der Waals surface area contributed by atoms with Gasteiger partial charge in [0.05, 0.1) is 17.4 Å². The van der Waals surface area contributed by atoms with Crippen molar-refractivity contribution in [3.05, 3.63) is 107 Å². The number of rotatable bonds is 9. The third kappa shape index (κ3) is 5.04. The van der Waals surface area contributed by atoms with E-state index in [0.29, 0.717) is 5.56 Å². The normalized spacial score (nSPS) is 14.7. The monoisotopic (exact) mass is 451 g/mol. The van der Waals surface area contributed by atoms with Crippen LogP contribution in [-0.2, 0) is 21.1 Å². The van der Waals surface area contributed by atoms with Gasteiger partial charge < -0.3 is 4.90 Å². The van der Waals surface area contributed by atoms with E-state index in [9.17, 15) is 18.0 Å². The molecular weight excluding hydrogens is 426 g/mol. The summed E-state index contributed by atoms with van der Waals surface area (Å²) in [5, 5.41) is -1.23. The number of ketones is 1. The molecule has 1 aliphatic heterocycles. The van der Waals surface area contributed by atoms with E-state index in [0.717, 1.165) is 5.56 Å². The van der Waals surface area contributed by atoms with E-state index in [-0.39, 0.29) is 35.8 Å². The molecule has 2 aromatic rings. The average Bonchev–Trinajstić information content (AvgIpc) is 2.82. The van der Waals surface area contributed by atoms with Crippen LogP contribution >= 0.6 is 0 Å². The second-order valence-corrected chi connectivity index (χ2v) is 9.35. The van der Waals surface area contributed by atoms with Crippen molar-refractivity contribution in [2.45, 2.75) is 18.1 Å². The third-order valence-electron chi connectivity index (χ3n) is 5.15. The maximum absolute atomic E-state index is 13.7. The number of nitrogens with one attached hydrogen (secondary N) is 1. The molecule has 0 fully saturated rings. The van der Waals surface area contributed by atoms with E-state index in [2.05, 4.69) is 6.58 Å². The fraction of sp³-hybridized carbons (Fsp3) is 0.167. The van der Waals surface area contributed by atoms with E-state index in [1.165, 1.54) is 17.2 Å². The molecule has 2 aromatic carbocycles. The molecule has 0 aromatic heterocycles. The van der Waals surface area contributed by atoms with Crippen LogP contribution in [-0.4, -0.2) is 36.8 Å². The van der Waals surface area contributed by atoms with Crippen molar-refractivity contribution in [2.24, 2.45) is 5.84 Å². The lowest BCUT2D eigenvalue weighted by molar-refractivity contribution is -0.117. The zero-order valence-corrected chi connectivity index (χ0v) is 18.3. The van der Waals surface area contributed by atoms with Crippen molar-refractivity contribution in [3.8, 4) is 0 Å². The Bertz CT molecular complexity index is 1160. The van der Waals surface area contributed by atoms with Crippen LogP contribution in [0.5, 0.6) is 0 Å². The van der Waals surface area contributed by atoms with Crippen molar-refractivity contribution in [3.63, 3.8) is 0 Å². The number of carbonyl (C=O) groups excluding carboxylic acids is 2. The molecule has 166 valence electrons. The van der Waals surface area contributed by atoms with Crippen LogP contribution < -0.4 is 11.3 Å². The first-order chi connectivity index (χ1) is 15.4.